The molecule has 4 N–H and O–H groups in total. The zero-order chi connectivity index (χ0) is 24.6. The number of hydrogen-bond acceptors (Lipinski definition) is 6. The summed E-state index contributed by atoms with van der Waals surface area (Å²) in [5.74, 6) is -1.66. The fourth-order valence-electron chi connectivity index (χ4n) is 3.64. The number of fused-ring (bicyclic) bond motifs is 1. The minimum absolute atomic E-state index is 0.0767. The first-order chi connectivity index (χ1) is 16.2. The zero-order valence-electron chi connectivity index (χ0n) is 18.2. The number of aliphatic hydroxyl groups excluding tert-OH is 1. The predicted octanol–water partition coefficient (Wildman–Crippen LogP) is 2.88. The van der Waals surface area contributed by atoms with Crippen LogP contribution in [-0.2, 0) is 13.7 Å². The van der Waals surface area contributed by atoms with E-state index in [1.165, 1.54) is 58.7 Å². The number of benzene rings is 1. The van der Waals surface area contributed by atoms with Gasteiger partial charge in [-0.05, 0) is 35.9 Å². The first-order valence-electron chi connectivity index (χ1n) is 10.0. The Labute approximate surface area is 192 Å². The number of aliphatic hydroxyl groups is 1. The van der Waals surface area contributed by atoms with E-state index in [1.807, 2.05) is 0 Å². The Morgan fingerprint density at radius 3 is 2.59 bits per heavy atom. The lowest BCUT2D eigenvalue weighted by Gasteiger charge is -2.12. The molecule has 0 unspecified atom stereocenters. The molecular formula is C23H20FN5O5. The molecule has 0 bridgehead atoms. The Hall–Kier alpha value is -4.51. The van der Waals surface area contributed by atoms with Gasteiger partial charge in [-0.3, -0.25) is 14.3 Å². The van der Waals surface area contributed by atoms with Crippen LogP contribution in [0.15, 0.2) is 48.9 Å². The van der Waals surface area contributed by atoms with Crippen LogP contribution in [0.1, 0.15) is 33.3 Å². The fourth-order valence-corrected chi connectivity index (χ4v) is 3.64. The van der Waals surface area contributed by atoms with Crippen LogP contribution in [0.4, 0.5) is 14.9 Å². The summed E-state index contributed by atoms with van der Waals surface area (Å²) in [6, 6.07) is 7.05. The molecule has 2 amide bonds. The molecule has 0 aliphatic rings. The van der Waals surface area contributed by atoms with Gasteiger partial charge < -0.3 is 25.3 Å². The lowest BCUT2D eigenvalue weighted by Crippen LogP contribution is -2.16. The molecule has 4 rings (SSSR count). The number of nitrogens with zero attached hydrogens (tertiary/aromatic N) is 3. The molecule has 34 heavy (non-hydrogen) atoms. The van der Waals surface area contributed by atoms with Gasteiger partial charge in [0.25, 0.3) is 5.91 Å². The number of aryl methyl sites for hydroxylation is 1. The molecular weight excluding hydrogens is 445 g/mol. The number of hydrogen-bond donors (Lipinski definition) is 3. The van der Waals surface area contributed by atoms with Gasteiger partial charge in [-0.2, -0.15) is 5.10 Å². The Kier molecular flexibility index (Phi) is 5.86. The van der Waals surface area contributed by atoms with E-state index in [0.29, 0.717) is 16.6 Å². The van der Waals surface area contributed by atoms with Gasteiger partial charge in [0.15, 0.2) is 11.6 Å². The third kappa shape index (κ3) is 4.24. The molecule has 0 spiro atoms. The number of nitrogens with one attached hydrogen (secondary N) is 1. The van der Waals surface area contributed by atoms with Crippen molar-refractivity contribution < 1.29 is 28.6 Å². The van der Waals surface area contributed by atoms with Crippen molar-refractivity contribution in [2.45, 2.75) is 13.5 Å². The Balaban J connectivity index is 1.76. The molecule has 0 aliphatic carbocycles. The molecule has 0 atom stereocenters. The number of halogens is 1. The highest BCUT2D eigenvalue weighted by Crippen LogP contribution is 2.31. The number of primary amides is 1. The number of Topliss-reactive ketones (excluding diaryl/α,β-unsaturated/α-hetero) is 1. The summed E-state index contributed by atoms with van der Waals surface area (Å²) in [4.78, 5) is 36.3. The maximum Gasteiger partial charge on any atom is 0.410 e. The van der Waals surface area contributed by atoms with E-state index in [4.69, 9.17) is 10.5 Å². The molecule has 10 nitrogen and oxygen atoms in total. The monoisotopic (exact) mass is 465 g/mol. The summed E-state index contributed by atoms with van der Waals surface area (Å²) in [6.07, 6.45) is 3.40. The van der Waals surface area contributed by atoms with E-state index in [9.17, 15) is 19.5 Å². The fraction of sp³-hybridized carbons (Fsp3) is 0.130. The summed E-state index contributed by atoms with van der Waals surface area (Å²) < 4.78 is 23.1. The molecule has 174 valence electrons. The van der Waals surface area contributed by atoms with Gasteiger partial charge >= 0.3 is 6.09 Å². The Bertz CT molecular complexity index is 1460. The maximum absolute atomic E-state index is 15.3. The molecule has 11 heteroatoms. The highest BCUT2D eigenvalue weighted by Gasteiger charge is 2.21. The van der Waals surface area contributed by atoms with E-state index in [1.54, 1.807) is 13.2 Å². The number of rotatable bonds is 6. The van der Waals surface area contributed by atoms with Crippen molar-refractivity contribution in [2.75, 3.05) is 5.32 Å². The predicted molar refractivity (Wildman–Crippen MR) is 120 cm³/mol. The van der Waals surface area contributed by atoms with Crippen molar-refractivity contribution in [1.82, 2.24) is 14.2 Å². The third-order valence-electron chi connectivity index (χ3n) is 5.14. The number of amides is 2. The van der Waals surface area contributed by atoms with E-state index >= 15 is 4.39 Å². The first kappa shape index (κ1) is 22.7. The summed E-state index contributed by atoms with van der Waals surface area (Å²) in [6.45, 7) is 0.943. The average molecular weight is 465 g/mol. The Morgan fingerprint density at radius 1 is 1.21 bits per heavy atom. The topological polar surface area (TPSA) is 141 Å². The van der Waals surface area contributed by atoms with Crippen molar-refractivity contribution in [3.05, 3.63) is 71.6 Å². The summed E-state index contributed by atoms with van der Waals surface area (Å²) in [5, 5.41) is 16.2. The normalized spacial score (nSPS) is 10.9. The van der Waals surface area contributed by atoms with Gasteiger partial charge in [0, 0.05) is 31.3 Å². The van der Waals surface area contributed by atoms with Crippen LogP contribution in [0, 0.1) is 5.82 Å². The van der Waals surface area contributed by atoms with Crippen LogP contribution >= 0.6 is 0 Å². The number of ether oxygens (including phenoxy) is 1. The van der Waals surface area contributed by atoms with Gasteiger partial charge in [0.2, 0.25) is 0 Å². The summed E-state index contributed by atoms with van der Waals surface area (Å²) in [5.41, 5.74) is 6.48. The number of ketones is 1. The standard InChI is InChI=1S/C23H20FN5O5/c1-12(31)20-7-17(19-4-3-15(10-29(19)20)34-23(25)33)22(32)27-18-6-13(11-30)5-16(21(18)24)14-8-26-28(2)9-14/h3-10,30H,11H2,1-2H3,(H2,25,33)(H,27,32). The van der Waals surface area contributed by atoms with Gasteiger partial charge in [-0.1, -0.05) is 0 Å². The van der Waals surface area contributed by atoms with Crippen molar-refractivity contribution in [3.8, 4) is 16.9 Å². The number of nitrogens with two attached hydrogens (primary N) is 1. The second-order valence-corrected chi connectivity index (χ2v) is 7.56. The molecule has 0 radical (unpaired) electrons. The van der Waals surface area contributed by atoms with Gasteiger partial charge in [-0.15, -0.1) is 0 Å². The maximum atomic E-state index is 15.3. The lowest BCUT2D eigenvalue weighted by atomic mass is 10.0. The zero-order valence-corrected chi connectivity index (χ0v) is 18.2. The van der Waals surface area contributed by atoms with Crippen LogP contribution in [0.5, 0.6) is 5.75 Å². The van der Waals surface area contributed by atoms with E-state index < -0.39 is 17.8 Å². The SMILES string of the molecule is CC(=O)c1cc(C(=O)Nc2cc(CO)cc(-c3cnn(C)c3)c2F)c2ccc(OC(N)=O)cn12. The van der Waals surface area contributed by atoms with Crippen molar-refractivity contribution in [2.24, 2.45) is 12.8 Å². The van der Waals surface area contributed by atoms with Crippen LogP contribution in [0.25, 0.3) is 16.6 Å². The minimum Gasteiger partial charge on any atom is -0.409 e. The second-order valence-electron chi connectivity index (χ2n) is 7.56. The molecule has 0 saturated heterocycles. The van der Waals surface area contributed by atoms with Crippen LogP contribution in [0.3, 0.4) is 0 Å². The largest absolute Gasteiger partial charge is 0.410 e. The minimum atomic E-state index is -1.03. The van der Waals surface area contributed by atoms with Crippen LogP contribution in [-0.4, -0.2) is 37.1 Å². The molecule has 3 aromatic heterocycles. The van der Waals surface area contributed by atoms with Gasteiger partial charge in [0.05, 0.1) is 41.5 Å². The van der Waals surface area contributed by atoms with Crippen molar-refractivity contribution >= 4 is 29.0 Å². The smallest absolute Gasteiger partial charge is 0.409 e. The number of pyridine rings is 1. The summed E-state index contributed by atoms with van der Waals surface area (Å²) in [7, 11) is 1.69. The molecule has 1 aromatic carbocycles. The van der Waals surface area contributed by atoms with E-state index in [0.717, 1.165) is 0 Å². The van der Waals surface area contributed by atoms with E-state index in [-0.39, 0.29) is 40.6 Å². The highest BCUT2D eigenvalue weighted by molar-refractivity contribution is 6.11. The average Bonchev–Trinajstić information content (AvgIpc) is 3.38. The number of anilines is 1. The molecule has 3 heterocycles. The molecule has 0 aliphatic heterocycles. The number of aromatic nitrogens is 3. The third-order valence-corrected chi connectivity index (χ3v) is 5.14. The highest BCUT2D eigenvalue weighted by atomic mass is 19.1. The van der Waals surface area contributed by atoms with Crippen LogP contribution in [0.2, 0.25) is 0 Å². The molecule has 0 fully saturated rings. The number of carbonyl (C=O) groups is 3. The lowest BCUT2D eigenvalue weighted by molar-refractivity contribution is 0.101. The Morgan fingerprint density at radius 2 is 1.97 bits per heavy atom. The van der Waals surface area contributed by atoms with Gasteiger partial charge in [-0.25, -0.2) is 9.18 Å². The van der Waals surface area contributed by atoms with Crippen molar-refractivity contribution in [3.63, 3.8) is 0 Å². The first-order valence-corrected chi connectivity index (χ1v) is 10.0. The molecule has 4 aromatic rings. The molecule has 0 saturated carbocycles. The second kappa shape index (κ2) is 8.79. The summed E-state index contributed by atoms with van der Waals surface area (Å²) >= 11 is 0. The van der Waals surface area contributed by atoms with Crippen LogP contribution < -0.4 is 15.8 Å². The number of carbonyl (C=O) groups excluding carboxylic acids is 3. The van der Waals surface area contributed by atoms with Gasteiger partial charge in [0.1, 0.15) is 5.75 Å². The van der Waals surface area contributed by atoms with E-state index in [2.05, 4.69) is 10.4 Å². The van der Waals surface area contributed by atoms with Crippen molar-refractivity contribution in [1.29, 1.82) is 0 Å². The quantitative estimate of drug-likeness (QED) is 0.374.